The highest BCUT2D eigenvalue weighted by Gasteiger charge is 2.12. The minimum absolute atomic E-state index is 0.292. The monoisotopic (exact) mass is 276 g/mol. The van der Waals surface area contributed by atoms with Gasteiger partial charge >= 0.3 is 7.12 Å². The maximum absolute atomic E-state index is 11.0. The van der Waals surface area contributed by atoms with E-state index in [1.54, 1.807) is 0 Å². The van der Waals surface area contributed by atoms with Crippen molar-refractivity contribution in [1.29, 1.82) is 0 Å². The van der Waals surface area contributed by atoms with E-state index in [1.807, 2.05) is 0 Å². The molecule has 0 spiro atoms. The molecule has 1 aromatic rings. The quantitative estimate of drug-likeness (QED) is 0.420. The molecule has 2 N–H and O–H groups in total. The highest BCUT2D eigenvalue weighted by atomic mass is 35.5. The summed E-state index contributed by atoms with van der Waals surface area (Å²) >= 11 is 3.14. The van der Waals surface area contributed by atoms with Gasteiger partial charge < -0.3 is 18.9 Å². The van der Waals surface area contributed by atoms with Crippen molar-refractivity contribution in [2.75, 3.05) is 16.7 Å². The molecule has 0 saturated heterocycles. The minimum atomic E-state index is -2.37. The first-order chi connectivity index (χ1) is 8.06. The lowest BCUT2D eigenvalue weighted by atomic mass is 9.80. The number of benzene rings is 1. The van der Waals surface area contributed by atoms with Crippen molar-refractivity contribution in [2.45, 2.75) is 6.42 Å². The molecular weight excluding hydrogens is 264 g/mol. The Morgan fingerprint density at radius 3 is 2.35 bits per heavy atom. The number of anilines is 1. The Morgan fingerprint density at radius 2 is 1.94 bits per heavy atom. The molecule has 0 fully saturated rings. The molecule has 1 unspecified atom stereocenters. The summed E-state index contributed by atoms with van der Waals surface area (Å²) in [5.74, 6) is 0.376. The van der Waals surface area contributed by atoms with E-state index in [1.165, 1.54) is 24.3 Å². The van der Waals surface area contributed by atoms with Gasteiger partial charge in [0.1, 0.15) is 0 Å². The number of rotatable bonds is 6. The molecule has 8 heteroatoms. The molecule has 94 valence electrons. The third-order valence-corrected chi connectivity index (χ3v) is 3.17. The van der Waals surface area contributed by atoms with Gasteiger partial charge in [-0.15, -0.1) is 11.6 Å². The average molecular weight is 277 g/mol. The molecule has 17 heavy (non-hydrogen) atoms. The van der Waals surface area contributed by atoms with Crippen molar-refractivity contribution in [3.63, 3.8) is 0 Å². The number of nitrogens with zero attached hydrogens (tertiary/aromatic N) is 1. The maximum Gasteiger partial charge on any atom is 0.488 e. The molecule has 0 bridgehead atoms. The average Bonchev–Trinajstić information content (AvgIpc) is 2.29. The zero-order valence-electron chi connectivity index (χ0n) is 8.95. The van der Waals surface area contributed by atoms with Crippen LogP contribution in [0.5, 0.6) is 0 Å². The van der Waals surface area contributed by atoms with Crippen LogP contribution in [0.4, 0.5) is 5.69 Å². The van der Waals surface area contributed by atoms with E-state index in [2.05, 4.69) is 0 Å². The van der Waals surface area contributed by atoms with Crippen LogP contribution in [0.3, 0.4) is 0 Å². The number of hydrogen-bond acceptors (Lipinski definition) is 4. The third kappa shape index (κ3) is 4.29. The summed E-state index contributed by atoms with van der Waals surface area (Å²) in [6.07, 6.45) is 0.542. The fraction of sp³-hybridized carbons (Fsp3) is 0.333. The van der Waals surface area contributed by atoms with Gasteiger partial charge in [0.15, 0.2) is 0 Å². The van der Waals surface area contributed by atoms with Gasteiger partial charge in [0.25, 0.3) is 0 Å². The first kappa shape index (κ1) is 14.5. The van der Waals surface area contributed by atoms with E-state index >= 15 is 0 Å². The predicted octanol–water partition coefficient (Wildman–Crippen LogP) is -0.404. The standard InChI is InChI=1S/C9H13BClNO4S/c11-6-1-7-12(17(15)16)9-4-2-8(3-5-9)10(13)14/h2-5,13-14H,1,6-7H2,(H,15,16)/p-1. The van der Waals surface area contributed by atoms with Gasteiger partial charge in [-0.2, -0.15) is 0 Å². The summed E-state index contributed by atoms with van der Waals surface area (Å²) in [5.41, 5.74) is 0.774. The zero-order valence-corrected chi connectivity index (χ0v) is 10.5. The Hall–Kier alpha value is -0.595. The van der Waals surface area contributed by atoms with Crippen LogP contribution in [0.15, 0.2) is 24.3 Å². The third-order valence-electron chi connectivity index (χ3n) is 2.15. The first-order valence-corrected chi connectivity index (χ1v) is 6.52. The summed E-state index contributed by atoms with van der Waals surface area (Å²) in [4.78, 5) is 0. The van der Waals surface area contributed by atoms with Crippen LogP contribution in [0.25, 0.3) is 0 Å². The van der Waals surface area contributed by atoms with Crippen LogP contribution in [0.2, 0.25) is 0 Å². The Kier molecular flexibility index (Phi) is 5.94. The smallest absolute Gasteiger partial charge is 0.488 e. The minimum Gasteiger partial charge on any atom is -0.755 e. The molecule has 0 heterocycles. The number of hydrogen-bond donors (Lipinski definition) is 2. The van der Waals surface area contributed by atoms with Gasteiger partial charge in [0.05, 0.1) is 0 Å². The highest BCUT2D eigenvalue weighted by Crippen LogP contribution is 2.14. The molecule has 0 aliphatic carbocycles. The summed E-state index contributed by atoms with van der Waals surface area (Å²) in [7, 11) is -1.56. The molecule has 0 saturated carbocycles. The molecule has 1 aromatic carbocycles. The molecule has 1 atom stereocenters. The lowest BCUT2D eigenvalue weighted by Crippen LogP contribution is -2.31. The zero-order chi connectivity index (χ0) is 12.8. The van der Waals surface area contributed by atoms with Crippen molar-refractivity contribution in [3.05, 3.63) is 24.3 Å². The molecular formula is C9H12BClNO4S-. The van der Waals surface area contributed by atoms with Crippen molar-refractivity contribution in [1.82, 2.24) is 0 Å². The van der Waals surface area contributed by atoms with Gasteiger partial charge in [-0.05, 0) is 24.0 Å². The topological polar surface area (TPSA) is 83.8 Å². The lowest BCUT2D eigenvalue weighted by Gasteiger charge is -2.26. The Morgan fingerprint density at radius 1 is 1.35 bits per heavy atom. The normalized spacial score (nSPS) is 12.2. The Balaban J connectivity index is 2.83. The van der Waals surface area contributed by atoms with E-state index in [9.17, 15) is 8.76 Å². The lowest BCUT2D eigenvalue weighted by molar-refractivity contribution is 0.426. The Labute approximate surface area is 108 Å². The van der Waals surface area contributed by atoms with Crippen LogP contribution >= 0.6 is 11.6 Å². The van der Waals surface area contributed by atoms with E-state index in [4.69, 9.17) is 21.6 Å². The summed E-state index contributed by atoms with van der Waals surface area (Å²) in [5, 5.41) is 17.8. The van der Waals surface area contributed by atoms with Gasteiger partial charge in [0.2, 0.25) is 0 Å². The van der Waals surface area contributed by atoms with E-state index in [0.29, 0.717) is 30.0 Å². The molecule has 0 amide bonds. The largest absolute Gasteiger partial charge is 0.755 e. The maximum atomic E-state index is 11.0. The summed E-state index contributed by atoms with van der Waals surface area (Å²) < 4.78 is 23.2. The van der Waals surface area contributed by atoms with Crippen LogP contribution in [-0.2, 0) is 11.3 Å². The van der Waals surface area contributed by atoms with Crippen LogP contribution in [0.1, 0.15) is 6.42 Å². The van der Waals surface area contributed by atoms with Crippen LogP contribution in [0, 0.1) is 0 Å². The molecule has 0 aliphatic heterocycles. The second-order valence-electron chi connectivity index (χ2n) is 3.33. The molecule has 0 radical (unpaired) electrons. The number of halogens is 1. The number of alkyl halides is 1. The van der Waals surface area contributed by atoms with E-state index in [-0.39, 0.29) is 0 Å². The van der Waals surface area contributed by atoms with Gasteiger partial charge in [-0.1, -0.05) is 12.1 Å². The summed E-state index contributed by atoms with van der Waals surface area (Å²) in [6, 6.07) is 5.94. The van der Waals surface area contributed by atoms with Gasteiger partial charge in [0, 0.05) is 29.4 Å². The molecule has 5 nitrogen and oxygen atoms in total. The van der Waals surface area contributed by atoms with Crippen molar-refractivity contribution < 1.29 is 18.8 Å². The van der Waals surface area contributed by atoms with Gasteiger partial charge in [-0.25, -0.2) is 0 Å². The fourth-order valence-corrected chi connectivity index (χ4v) is 2.00. The molecule has 1 rings (SSSR count). The van der Waals surface area contributed by atoms with Crippen molar-refractivity contribution >= 4 is 41.1 Å². The SMILES string of the molecule is O=S([O-])N(CCCCl)c1ccc(B(O)O)cc1. The predicted molar refractivity (Wildman–Crippen MR) is 67.9 cm³/mol. The first-order valence-electron chi connectivity index (χ1n) is 4.95. The van der Waals surface area contributed by atoms with Gasteiger partial charge in [-0.3, -0.25) is 4.21 Å². The van der Waals surface area contributed by atoms with E-state index in [0.717, 1.165) is 4.31 Å². The summed E-state index contributed by atoms with van der Waals surface area (Å²) in [6.45, 7) is 0.292. The fourth-order valence-electron chi connectivity index (χ4n) is 1.31. The highest BCUT2D eigenvalue weighted by molar-refractivity contribution is 7.80. The van der Waals surface area contributed by atoms with Crippen molar-refractivity contribution in [3.8, 4) is 0 Å². The Bertz CT molecular complexity index is 376. The van der Waals surface area contributed by atoms with Crippen LogP contribution in [-0.4, -0.2) is 38.4 Å². The van der Waals surface area contributed by atoms with Crippen LogP contribution < -0.4 is 9.77 Å². The van der Waals surface area contributed by atoms with Crippen molar-refractivity contribution in [2.24, 2.45) is 0 Å². The van der Waals surface area contributed by atoms with E-state index < -0.39 is 18.4 Å². The molecule has 0 aliphatic rings. The second kappa shape index (κ2) is 6.98. The second-order valence-corrected chi connectivity index (χ2v) is 4.58. The molecule has 0 aromatic heterocycles.